The molecule has 20 heavy (non-hydrogen) atoms. The minimum Gasteiger partial charge on any atom is -0.313 e. The van der Waals surface area contributed by atoms with Gasteiger partial charge in [-0.2, -0.15) is 0 Å². The largest absolute Gasteiger partial charge is 0.313 e. The van der Waals surface area contributed by atoms with Gasteiger partial charge in [0.05, 0.1) is 17.5 Å². The van der Waals surface area contributed by atoms with Crippen LogP contribution in [0.4, 0.5) is 5.69 Å². The van der Waals surface area contributed by atoms with Gasteiger partial charge in [-0.3, -0.25) is 14.5 Å². The molecule has 0 bridgehead atoms. The maximum Gasteiger partial charge on any atom is 0.238 e. The number of anilines is 1. The van der Waals surface area contributed by atoms with Crippen molar-refractivity contribution in [2.75, 3.05) is 11.9 Å². The highest BCUT2D eigenvalue weighted by Gasteiger charge is 2.72. The van der Waals surface area contributed by atoms with Crippen LogP contribution in [-0.2, 0) is 9.59 Å². The van der Waals surface area contributed by atoms with Crippen molar-refractivity contribution < 1.29 is 9.59 Å². The number of fused-ring (bicyclic) bond motifs is 1. The van der Waals surface area contributed by atoms with Gasteiger partial charge in [0.15, 0.2) is 0 Å². The number of nitrogens with zero attached hydrogens (tertiary/aromatic N) is 1. The molecule has 1 saturated carbocycles. The summed E-state index contributed by atoms with van der Waals surface area (Å²) in [5.74, 6) is -0.334. The molecule has 4 nitrogen and oxygen atoms in total. The second kappa shape index (κ2) is 4.16. The van der Waals surface area contributed by atoms with Crippen molar-refractivity contribution in [3.05, 3.63) is 29.8 Å². The molecule has 0 radical (unpaired) electrons. The third-order valence-electron chi connectivity index (χ3n) is 4.86. The molecule has 1 saturated heterocycles. The van der Waals surface area contributed by atoms with Crippen LogP contribution >= 0.6 is 0 Å². The van der Waals surface area contributed by atoms with E-state index in [2.05, 4.69) is 5.32 Å². The number of nitrogens with one attached hydrogen (secondary N) is 1. The zero-order chi connectivity index (χ0) is 14.7. The van der Waals surface area contributed by atoms with Crippen molar-refractivity contribution in [2.45, 2.75) is 26.8 Å². The first-order chi connectivity index (χ1) is 9.39. The number of imide groups is 1. The Morgan fingerprint density at radius 3 is 2.35 bits per heavy atom. The summed E-state index contributed by atoms with van der Waals surface area (Å²) in [5.41, 5.74) is 1.62. The number of hydrogen-bond donors (Lipinski definition) is 1. The lowest BCUT2D eigenvalue weighted by Crippen LogP contribution is -2.36. The third-order valence-corrected chi connectivity index (χ3v) is 4.86. The number of piperidine rings is 1. The maximum atomic E-state index is 12.4. The highest BCUT2D eigenvalue weighted by Crippen LogP contribution is 2.63. The topological polar surface area (TPSA) is 49.4 Å². The highest BCUT2D eigenvalue weighted by molar-refractivity contribution is 6.25. The predicted octanol–water partition coefficient (Wildman–Crippen LogP) is 2.11. The second-order valence-electron chi connectivity index (χ2n) is 6.39. The smallest absolute Gasteiger partial charge is 0.238 e. The molecule has 106 valence electrons. The number of rotatable bonds is 3. The van der Waals surface area contributed by atoms with Crippen molar-refractivity contribution in [1.29, 1.82) is 0 Å². The van der Waals surface area contributed by atoms with Gasteiger partial charge >= 0.3 is 0 Å². The Kier molecular flexibility index (Phi) is 2.77. The summed E-state index contributed by atoms with van der Waals surface area (Å²) in [6.45, 7) is 6.04. The van der Waals surface area contributed by atoms with Crippen LogP contribution < -0.4 is 10.2 Å². The van der Waals surface area contributed by atoms with Crippen LogP contribution in [0.3, 0.4) is 0 Å². The van der Waals surface area contributed by atoms with Crippen LogP contribution in [0, 0.1) is 17.3 Å². The van der Waals surface area contributed by atoms with Crippen LogP contribution in [0.15, 0.2) is 24.3 Å². The first-order valence-corrected chi connectivity index (χ1v) is 7.04. The average Bonchev–Trinajstić information content (AvgIpc) is 2.88. The molecule has 4 heteroatoms. The zero-order valence-corrected chi connectivity index (χ0v) is 12.3. The van der Waals surface area contributed by atoms with Crippen LogP contribution in [0.5, 0.6) is 0 Å². The lowest BCUT2D eigenvalue weighted by molar-refractivity contribution is -0.125. The van der Waals surface area contributed by atoms with Gasteiger partial charge in [-0.05, 0) is 37.1 Å². The SMILES string of the molecule is CNC(C)c1cccc(N2C(=O)C3C(C2=O)C3(C)C)c1. The summed E-state index contributed by atoms with van der Waals surface area (Å²) in [7, 11) is 1.89. The lowest BCUT2D eigenvalue weighted by atomic mass is 10.0. The van der Waals surface area contributed by atoms with Crippen LogP contribution in [0.25, 0.3) is 0 Å². The molecule has 2 amide bonds. The second-order valence-corrected chi connectivity index (χ2v) is 6.39. The van der Waals surface area contributed by atoms with Crippen LogP contribution in [-0.4, -0.2) is 18.9 Å². The normalized spacial score (nSPS) is 28.5. The minimum absolute atomic E-state index is 0.0424. The first kappa shape index (κ1) is 13.3. The van der Waals surface area contributed by atoms with Gasteiger partial charge in [-0.15, -0.1) is 0 Å². The molecule has 1 aliphatic carbocycles. The summed E-state index contributed by atoms with van der Waals surface area (Å²) in [6.07, 6.45) is 0. The Balaban J connectivity index is 1.92. The summed E-state index contributed by atoms with van der Waals surface area (Å²) >= 11 is 0. The number of carbonyl (C=O) groups is 2. The maximum absolute atomic E-state index is 12.4. The molecule has 0 aromatic heterocycles. The fourth-order valence-electron chi connectivity index (χ4n) is 3.30. The predicted molar refractivity (Wildman–Crippen MR) is 77.2 cm³/mol. The zero-order valence-electron chi connectivity index (χ0n) is 12.3. The molecule has 2 aliphatic rings. The van der Waals surface area contributed by atoms with E-state index in [0.717, 1.165) is 5.56 Å². The van der Waals surface area contributed by atoms with Crippen molar-refractivity contribution >= 4 is 17.5 Å². The molecule has 3 rings (SSSR count). The van der Waals surface area contributed by atoms with E-state index in [4.69, 9.17) is 0 Å². The van der Waals surface area contributed by atoms with E-state index in [1.54, 1.807) is 0 Å². The fourth-order valence-corrected chi connectivity index (χ4v) is 3.30. The van der Waals surface area contributed by atoms with Crippen molar-refractivity contribution in [3.63, 3.8) is 0 Å². The molecule has 1 heterocycles. The Labute approximate surface area is 119 Å². The number of hydrogen-bond acceptors (Lipinski definition) is 3. The lowest BCUT2D eigenvalue weighted by Gasteiger charge is -2.22. The van der Waals surface area contributed by atoms with E-state index in [1.807, 2.05) is 52.1 Å². The summed E-state index contributed by atoms with van der Waals surface area (Å²) < 4.78 is 0. The molecular formula is C16H20N2O2. The fraction of sp³-hybridized carbons (Fsp3) is 0.500. The molecule has 1 N–H and O–H groups in total. The van der Waals surface area contributed by atoms with E-state index in [-0.39, 0.29) is 35.1 Å². The highest BCUT2D eigenvalue weighted by atomic mass is 16.2. The summed E-state index contributed by atoms with van der Waals surface area (Å²) in [6, 6.07) is 7.84. The Hall–Kier alpha value is -1.68. The van der Waals surface area contributed by atoms with E-state index in [1.165, 1.54) is 4.90 Å². The Bertz CT molecular complexity index is 570. The molecule has 3 unspecified atom stereocenters. The van der Waals surface area contributed by atoms with E-state index in [0.29, 0.717) is 5.69 Å². The van der Waals surface area contributed by atoms with E-state index in [9.17, 15) is 9.59 Å². The van der Waals surface area contributed by atoms with Gasteiger partial charge < -0.3 is 5.32 Å². The molecule has 1 aromatic rings. The number of benzene rings is 1. The van der Waals surface area contributed by atoms with Crippen molar-refractivity contribution in [2.24, 2.45) is 17.3 Å². The molecular weight excluding hydrogens is 252 g/mol. The van der Waals surface area contributed by atoms with Crippen LogP contribution in [0.1, 0.15) is 32.4 Å². The minimum atomic E-state index is -0.152. The standard InChI is InChI=1S/C16H20N2O2/c1-9(17-4)10-6-5-7-11(8-10)18-14(19)12-13(15(18)20)16(12,2)3/h5-9,12-13,17H,1-4H3. The van der Waals surface area contributed by atoms with Gasteiger partial charge in [0.2, 0.25) is 11.8 Å². The van der Waals surface area contributed by atoms with Gasteiger partial charge in [0.1, 0.15) is 0 Å². The molecule has 1 aromatic carbocycles. The quantitative estimate of drug-likeness (QED) is 0.857. The third kappa shape index (κ3) is 1.64. The van der Waals surface area contributed by atoms with E-state index < -0.39 is 0 Å². The van der Waals surface area contributed by atoms with Gasteiger partial charge in [0, 0.05) is 6.04 Å². The van der Waals surface area contributed by atoms with E-state index >= 15 is 0 Å². The first-order valence-electron chi connectivity index (χ1n) is 7.04. The van der Waals surface area contributed by atoms with Crippen LogP contribution in [0.2, 0.25) is 0 Å². The van der Waals surface area contributed by atoms with Gasteiger partial charge in [-0.1, -0.05) is 26.0 Å². The molecule has 1 aliphatic heterocycles. The van der Waals surface area contributed by atoms with Gasteiger partial charge in [-0.25, -0.2) is 0 Å². The van der Waals surface area contributed by atoms with Crippen molar-refractivity contribution in [3.8, 4) is 0 Å². The monoisotopic (exact) mass is 272 g/mol. The Morgan fingerprint density at radius 2 is 1.80 bits per heavy atom. The average molecular weight is 272 g/mol. The molecule has 3 atom stereocenters. The van der Waals surface area contributed by atoms with Crippen molar-refractivity contribution in [1.82, 2.24) is 5.32 Å². The van der Waals surface area contributed by atoms with Gasteiger partial charge in [0.25, 0.3) is 0 Å². The molecule has 0 spiro atoms. The number of carbonyl (C=O) groups excluding carboxylic acids is 2. The molecule has 2 fully saturated rings. The summed E-state index contributed by atoms with van der Waals surface area (Å²) in [5, 5.41) is 3.16. The Morgan fingerprint density at radius 1 is 1.20 bits per heavy atom. The number of amides is 2. The summed E-state index contributed by atoms with van der Waals surface area (Å²) in [4.78, 5) is 26.2.